The number of para-hydroxylation sites is 1. The van der Waals surface area contributed by atoms with Gasteiger partial charge in [0.15, 0.2) is 0 Å². The topological polar surface area (TPSA) is 82.9 Å². The number of nitrogens with zero attached hydrogens (tertiary/aromatic N) is 4. The van der Waals surface area contributed by atoms with Crippen molar-refractivity contribution in [2.75, 3.05) is 37.6 Å². The van der Waals surface area contributed by atoms with E-state index < -0.39 is 11.3 Å². The van der Waals surface area contributed by atoms with E-state index in [1.807, 2.05) is 34.9 Å². The van der Waals surface area contributed by atoms with Crippen LogP contribution in [0.4, 0.5) is 5.69 Å². The van der Waals surface area contributed by atoms with Gasteiger partial charge < -0.3 is 19.3 Å². The molecule has 2 aromatic rings. The van der Waals surface area contributed by atoms with E-state index in [0.29, 0.717) is 26.2 Å². The summed E-state index contributed by atoms with van der Waals surface area (Å²) >= 11 is 0. The second kappa shape index (κ2) is 10.1. The molecule has 184 valence electrons. The number of hydrogen-bond acceptors (Lipinski definition) is 4. The van der Waals surface area contributed by atoms with Crippen LogP contribution in [-0.4, -0.2) is 64.8 Å². The Balaban J connectivity index is 1.44. The molecule has 2 aliphatic heterocycles. The summed E-state index contributed by atoms with van der Waals surface area (Å²) in [5.41, 5.74) is 0.318. The number of carbonyl (C=O) groups excluding carboxylic acids is 3. The SMILES string of the molecule is O=C(c1cn(C2CCCCC2)cc(C(=O)N2CCN(c3ccccc3)C(=O)C2)c1=O)N1CCCC1. The predicted molar refractivity (Wildman–Crippen MR) is 133 cm³/mol. The number of carbonyl (C=O) groups is 3. The van der Waals surface area contributed by atoms with Crippen LogP contribution in [0.25, 0.3) is 0 Å². The van der Waals surface area contributed by atoms with E-state index in [9.17, 15) is 19.2 Å². The molecule has 3 aliphatic rings. The van der Waals surface area contributed by atoms with Crippen molar-refractivity contribution in [3.63, 3.8) is 0 Å². The minimum Gasteiger partial charge on any atom is -0.349 e. The summed E-state index contributed by atoms with van der Waals surface area (Å²) < 4.78 is 1.92. The second-order valence-corrected chi connectivity index (χ2v) is 9.76. The van der Waals surface area contributed by atoms with Gasteiger partial charge in [0.05, 0.1) is 0 Å². The van der Waals surface area contributed by atoms with Gasteiger partial charge in [0, 0.05) is 50.3 Å². The van der Waals surface area contributed by atoms with Gasteiger partial charge in [-0.1, -0.05) is 37.5 Å². The number of likely N-dealkylation sites (tertiary alicyclic amines) is 1. The van der Waals surface area contributed by atoms with Gasteiger partial charge in [0.2, 0.25) is 11.3 Å². The zero-order valence-electron chi connectivity index (χ0n) is 20.0. The van der Waals surface area contributed by atoms with Crippen molar-refractivity contribution in [3.8, 4) is 0 Å². The van der Waals surface area contributed by atoms with Gasteiger partial charge in [-0.2, -0.15) is 0 Å². The maximum Gasteiger partial charge on any atom is 0.259 e. The van der Waals surface area contributed by atoms with Gasteiger partial charge in [-0.25, -0.2) is 0 Å². The molecule has 1 aromatic carbocycles. The monoisotopic (exact) mass is 476 g/mol. The lowest BCUT2D eigenvalue weighted by Gasteiger charge is -2.34. The van der Waals surface area contributed by atoms with Crippen molar-refractivity contribution in [3.05, 3.63) is 64.1 Å². The van der Waals surface area contributed by atoms with Crippen LogP contribution in [-0.2, 0) is 4.79 Å². The Labute approximate surface area is 205 Å². The van der Waals surface area contributed by atoms with Gasteiger partial charge in [0.25, 0.3) is 11.8 Å². The third kappa shape index (κ3) is 4.74. The summed E-state index contributed by atoms with van der Waals surface area (Å²) in [4.78, 5) is 57.9. The molecular weight excluding hydrogens is 444 g/mol. The third-order valence-corrected chi connectivity index (χ3v) is 7.47. The molecular formula is C27H32N4O4. The summed E-state index contributed by atoms with van der Waals surface area (Å²) in [6.45, 7) is 1.86. The molecule has 1 aromatic heterocycles. The zero-order valence-corrected chi connectivity index (χ0v) is 20.0. The summed E-state index contributed by atoms with van der Waals surface area (Å²) in [5.74, 6) is -0.957. The molecule has 1 saturated carbocycles. The highest BCUT2D eigenvalue weighted by molar-refractivity contribution is 6.03. The fourth-order valence-electron chi connectivity index (χ4n) is 5.48. The van der Waals surface area contributed by atoms with Crippen molar-refractivity contribution >= 4 is 23.4 Å². The number of amides is 3. The summed E-state index contributed by atoms with van der Waals surface area (Å²) in [6.07, 6.45) is 10.4. The lowest BCUT2D eigenvalue weighted by Crippen LogP contribution is -2.53. The first-order valence-electron chi connectivity index (χ1n) is 12.7. The average Bonchev–Trinajstić information content (AvgIpc) is 3.44. The van der Waals surface area contributed by atoms with Crippen LogP contribution >= 0.6 is 0 Å². The van der Waals surface area contributed by atoms with E-state index >= 15 is 0 Å². The molecule has 2 saturated heterocycles. The molecule has 5 rings (SSSR count). The average molecular weight is 477 g/mol. The van der Waals surface area contributed by atoms with Crippen molar-refractivity contribution < 1.29 is 14.4 Å². The summed E-state index contributed by atoms with van der Waals surface area (Å²) in [7, 11) is 0. The first kappa shape index (κ1) is 23.3. The molecule has 3 amide bonds. The molecule has 0 atom stereocenters. The van der Waals surface area contributed by atoms with Gasteiger partial charge in [0.1, 0.15) is 17.7 Å². The predicted octanol–water partition coefficient (Wildman–Crippen LogP) is 3.08. The Bertz CT molecular complexity index is 1160. The van der Waals surface area contributed by atoms with Gasteiger partial charge in [-0.05, 0) is 37.8 Å². The molecule has 0 N–H and O–H groups in total. The number of rotatable bonds is 4. The second-order valence-electron chi connectivity index (χ2n) is 9.76. The molecule has 0 bridgehead atoms. The van der Waals surface area contributed by atoms with E-state index in [1.165, 1.54) is 11.3 Å². The van der Waals surface area contributed by atoms with Crippen LogP contribution in [0.3, 0.4) is 0 Å². The zero-order chi connectivity index (χ0) is 24.4. The van der Waals surface area contributed by atoms with Crippen molar-refractivity contribution in [2.24, 2.45) is 0 Å². The summed E-state index contributed by atoms with van der Waals surface area (Å²) in [5, 5.41) is 0. The van der Waals surface area contributed by atoms with E-state index in [0.717, 1.165) is 44.2 Å². The standard InChI is InChI=1S/C27H32N4O4/c32-24-19-29(15-16-31(24)21-11-5-2-6-12-21)27(35)23-18-30(20-9-3-1-4-10-20)17-22(25(23)33)26(34)28-13-7-8-14-28/h2,5-6,11-12,17-18,20H,1,3-4,7-10,13-16,19H2. The maximum atomic E-state index is 13.6. The van der Waals surface area contributed by atoms with Gasteiger partial charge in [-0.3, -0.25) is 19.2 Å². The van der Waals surface area contributed by atoms with Gasteiger partial charge >= 0.3 is 0 Å². The fraction of sp³-hybridized carbons (Fsp3) is 0.481. The van der Waals surface area contributed by atoms with Crippen LogP contribution in [0.2, 0.25) is 0 Å². The van der Waals surface area contributed by atoms with Gasteiger partial charge in [-0.15, -0.1) is 0 Å². The number of aromatic nitrogens is 1. The normalized spacial score (nSPS) is 19.3. The lowest BCUT2D eigenvalue weighted by atomic mass is 9.95. The Morgan fingerprint density at radius 1 is 0.714 bits per heavy atom. The molecule has 0 radical (unpaired) electrons. The lowest BCUT2D eigenvalue weighted by molar-refractivity contribution is -0.120. The van der Waals surface area contributed by atoms with Crippen LogP contribution in [0, 0.1) is 0 Å². The molecule has 3 fully saturated rings. The maximum absolute atomic E-state index is 13.6. The van der Waals surface area contributed by atoms with Crippen molar-refractivity contribution in [1.29, 1.82) is 0 Å². The largest absolute Gasteiger partial charge is 0.349 e. The third-order valence-electron chi connectivity index (χ3n) is 7.47. The molecule has 1 aliphatic carbocycles. The quantitative estimate of drug-likeness (QED) is 0.679. The molecule has 0 spiro atoms. The Hall–Kier alpha value is -3.42. The first-order chi connectivity index (χ1) is 17.0. The molecule has 35 heavy (non-hydrogen) atoms. The van der Waals surface area contributed by atoms with Crippen molar-refractivity contribution in [1.82, 2.24) is 14.4 Å². The molecule has 8 heteroatoms. The first-order valence-corrected chi connectivity index (χ1v) is 12.7. The highest BCUT2D eigenvalue weighted by Gasteiger charge is 2.32. The van der Waals surface area contributed by atoms with E-state index in [2.05, 4.69) is 0 Å². The van der Waals surface area contributed by atoms with Crippen LogP contribution in [0.15, 0.2) is 47.5 Å². The number of pyridine rings is 1. The Morgan fingerprint density at radius 3 is 1.97 bits per heavy atom. The number of anilines is 1. The van der Waals surface area contributed by atoms with E-state index in [1.54, 1.807) is 22.2 Å². The van der Waals surface area contributed by atoms with Crippen LogP contribution < -0.4 is 10.3 Å². The molecule has 3 heterocycles. The highest BCUT2D eigenvalue weighted by atomic mass is 16.2. The Kier molecular flexibility index (Phi) is 6.70. The minimum atomic E-state index is -0.531. The van der Waals surface area contributed by atoms with Crippen LogP contribution in [0.5, 0.6) is 0 Å². The van der Waals surface area contributed by atoms with Crippen LogP contribution in [0.1, 0.15) is 71.7 Å². The highest BCUT2D eigenvalue weighted by Crippen LogP contribution is 2.28. The minimum absolute atomic E-state index is 0.0124. The fourth-order valence-corrected chi connectivity index (χ4v) is 5.48. The molecule has 0 unspecified atom stereocenters. The molecule has 8 nitrogen and oxygen atoms in total. The number of benzene rings is 1. The van der Waals surface area contributed by atoms with Crippen molar-refractivity contribution in [2.45, 2.75) is 51.0 Å². The Morgan fingerprint density at radius 2 is 1.34 bits per heavy atom. The van der Waals surface area contributed by atoms with E-state index in [4.69, 9.17) is 0 Å². The number of hydrogen-bond donors (Lipinski definition) is 0. The number of piperazine rings is 1. The summed E-state index contributed by atoms with van der Waals surface area (Å²) in [6, 6.07) is 9.53. The smallest absolute Gasteiger partial charge is 0.259 e. The van der Waals surface area contributed by atoms with E-state index in [-0.39, 0.29) is 35.5 Å².